The molecule has 3 rings (SSSR count). The number of benzene rings is 1. The number of rotatable bonds is 3. The lowest BCUT2D eigenvalue weighted by atomic mass is 9.88. The summed E-state index contributed by atoms with van der Waals surface area (Å²) < 4.78 is 0. The molecule has 2 aliphatic rings. The first-order valence-electron chi connectivity index (χ1n) is 7.95. The normalized spacial score (nSPS) is 23.5. The number of thioether (sulfide) groups is 1. The first-order valence-corrected chi connectivity index (χ1v) is 9.17. The van der Waals surface area contributed by atoms with Crippen molar-refractivity contribution in [2.75, 3.05) is 25.9 Å². The lowest BCUT2D eigenvalue weighted by Crippen LogP contribution is -2.43. The van der Waals surface area contributed by atoms with Crippen molar-refractivity contribution in [1.82, 2.24) is 10.2 Å². The fourth-order valence-corrected chi connectivity index (χ4v) is 4.20. The molecule has 114 valence electrons. The van der Waals surface area contributed by atoms with Crippen LogP contribution < -0.4 is 5.32 Å². The largest absolute Gasteiger partial charge is 0.339 e. The summed E-state index contributed by atoms with van der Waals surface area (Å²) >= 11 is 1.65. The Kier molecular flexibility index (Phi) is 4.86. The van der Waals surface area contributed by atoms with E-state index in [1.165, 1.54) is 19.4 Å². The molecule has 0 aromatic heterocycles. The molecule has 2 aliphatic heterocycles. The van der Waals surface area contributed by atoms with E-state index in [1.807, 2.05) is 35.4 Å². The molecule has 0 radical (unpaired) electrons. The standard InChI is InChI=1S/C17H24N2OS/c1-21-16-7-3-2-5-14(16)17(20)19-11-8-13(9-12-19)15-6-4-10-18-15/h2-3,5,7,13,15,18H,4,6,8-12H2,1H3. The number of carbonyl (C=O) groups is 1. The van der Waals surface area contributed by atoms with Gasteiger partial charge >= 0.3 is 0 Å². The van der Waals surface area contributed by atoms with E-state index in [0.29, 0.717) is 6.04 Å². The van der Waals surface area contributed by atoms with E-state index >= 15 is 0 Å². The predicted molar refractivity (Wildman–Crippen MR) is 87.9 cm³/mol. The SMILES string of the molecule is CSc1ccccc1C(=O)N1CCC(C2CCCN2)CC1. The van der Waals surface area contributed by atoms with Gasteiger partial charge in [0.1, 0.15) is 0 Å². The highest BCUT2D eigenvalue weighted by molar-refractivity contribution is 7.98. The van der Waals surface area contributed by atoms with Crippen molar-refractivity contribution in [3.63, 3.8) is 0 Å². The molecule has 4 heteroatoms. The molecule has 2 heterocycles. The third-order valence-electron chi connectivity index (χ3n) is 4.83. The van der Waals surface area contributed by atoms with Crippen LogP contribution in [0.15, 0.2) is 29.2 Å². The third-order valence-corrected chi connectivity index (χ3v) is 5.63. The second kappa shape index (κ2) is 6.84. The van der Waals surface area contributed by atoms with Gasteiger partial charge in [0, 0.05) is 24.0 Å². The molecular formula is C17H24N2OS. The zero-order valence-corrected chi connectivity index (χ0v) is 13.5. The minimum absolute atomic E-state index is 0.206. The van der Waals surface area contributed by atoms with Gasteiger partial charge in [-0.2, -0.15) is 0 Å². The van der Waals surface area contributed by atoms with Crippen LogP contribution in [-0.2, 0) is 0 Å². The molecule has 21 heavy (non-hydrogen) atoms. The maximum atomic E-state index is 12.7. The summed E-state index contributed by atoms with van der Waals surface area (Å²) in [6, 6.07) is 8.65. The van der Waals surface area contributed by atoms with E-state index in [9.17, 15) is 4.79 Å². The van der Waals surface area contributed by atoms with E-state index in [0.717, 1.165) is 42.3 Å². The van der Waals surface area contributed by atoms with Gasteiger partial charge in [-0.15, -0.1) is 11.8 Å². The highest BCUT2D eigenvalue weighted by Crippen LogP contribution is 2.28. The van der Waals surface area contributed by atoms with Gasteiger partial charge in [-0.25, -0.2) is 0 Å². The summed E-state index contributed by atoms with van der Waals surface area (Å²) in [6.07, 6.45) is 6.94. The first kappa shape index (κ1) is 14.9. The van der Waals surface area contributed by atoms with E-state index in [2.05, 4.69) is 5.32 Å². The molecule has 3 nitrogen and oxygen atoms in total. The van der Waals surface area contributed by atoms with Crippen LogP contribution in [-0.4, -0.2) is 42.7 Å². The number of carbonyl (C=O) groups excluding carboxylic acids is 1. The topological polar surface area (TPSA) is 32.3 Å². The Morgan fingerprint density at radius 1 is 1.24 bits per heavy atom. The van der Waals surface area contributed by atoms with Crippen LogP contribution in [0.3, 0.4) is 0 Å². The summed E-state index contributed by atoms with van der Waals surface area (Å²) in [5.74, 6) is 0.963. The highest BCUT2D eigenvalue weighted by Gasteiger charge is 2.30. The fourth-order valence-electron chi connectivity index (χ4n) is 3.61. The lowest BCUT2D eigenvalue weighted by molar-refractivity contribution is 0.0671. The minimum Gasteiger partial charge on any atom is -0.339 e. The van der Waals surface area contributed by atoms with E-state index in [4.69, 9.17) is 0 Å². The molecule has 1 aromatic rings. The molecule has 1 unspecified atom stereocenters. The zero-order chi connectivity index (χ0) is 14.7. The Morgan fingerprint density at radius 2 is 2.00 bits per heavy atom. The van der Waals surface area contributed by atoms with Crippen LogP contribution in [0.5, 0.6) is 0 Å². The summed E-state index contributed by atoms with van der Waals surface area (Å²) in [6.45, 7) is 2.99. The molecule has 1 atom stereocenters. The number of piperidine rings is 1. The van der Waals surface area contributed by atoms with Crippen LogP contribution >= 0.6 is 11.8 Å². The van der Waals surface area contributed by atoms with Crippen molar-refractivity contribution < 1.29 is 4.79 Å². The molecule has 0 aliphatic carbocycles. The Labute approximate surface area is 131 Å². The first-order chi connectivity index (χ1) is 10.3. The highest BCUT2D eigenvalue weighted by atomic mass is 32.2. The smallest absolute Gasteiger partial charge is 0.254 e. The molecule has 1 amide bonds. The van der Waals surface area contributed by atoms with Gasteiger partial charge < -0.3 is 10.2 Å². The van der Waals surface area contributed by atoms with Crippen molar-refractivity contribution in [1.29, 1.82) is 0 Å². The molecule has 0 bridgehead atoms. The molecule has 1 aromatic carbocycles. The molecule has 2 saturated heterocycles. The van der Waals surface area contributed by atoms with Gasteiger partial charge in [-0.1, -0.05) is 12.1 Å². The van der Waals surface area contributed by atoms with Gasteiger partial charge in [0.15, 0.2) is 0 Å². The molecule has 0 saturated carbocycles. The summed E-state index contributed by atoms with van der Waals surface area (Å²) in [4.78, 5) is 15.8. The number of amides is 1. The Bertz CT molecular complexity index is 491. The van der Waals surface area contributed by atoms with E-state index in [1.54, 1.807) is 11.8 Å². The lowest BCUT2D eigenvalue weighted by Gasteiger charge is -2.35. The maximum absolute atomic E-state index is 12.7. The quantitative estimate of drug-likeness (QED) is 0.871. The van der Waals surface area contributed by atoms with Crippen molar-refractivity contribution in [3.05, 3.63) is 29.8 Å². The Hall–Kier alpha value is -1.00. The monoisotopic (exact) mass is 304 g/mol. The third kappa shape index (κ3) is 3.27. The van der Waals surface area contributed by atoms with Crippen LogP contribution in [0.25, 0.3) is 0 Å². The minimum atomic E-state index is 0.206. The summed E-state index contributed by atoms with van der Waals surface area (Å²) in [7, 11) is 0. The van der Waals surface area contributed by atoms with Crippen molar-refractivity contribution in [2.24, 2.45) is 5.92 Å². The van der Waals surface area contributed by atoms with Crippen LogP contribution in [0.2, 0.25) is 0 Å². The number of nitrogens with zero attached hydrogens (tertiary/aromatic N) is 1. The zero-order valence-electron chi connectivity index (χ0n) is 12.7. The fraction of sp³-hybridized carbons (Fsp3) is 0.588. The van der Waals surface area contributed by atoms with Crippen molar-refractivity contribution in [2.45, 2.75) is 36.6 Å². The van der Waals surface area contributed by atoms with E-state index < -0.39 is 0 Å². The Balaban J connectivity index is 1.62. The number of likely N-dealkylation sites (tertiary alicyclic amines) is 1. The molecule has 2 fully saturated rings. The van der Waals surface area contributed by atoms with Crippen molar-refractivity contribution in [3.8, 4) is 0 Å². The molecular weight excluding hydrogens is 280 g/mol. The average molecular weight is 304 g/mol. The second-order valence-corrected chi connectivity index (χ2v) is 6.88. The van der Waals surface area contributed by atoms with Crippen LogP contribution in [0.4, 0.5) is 0 Å². The van der Waals surface area contributed by atoms with Crippen molar-refractivity contribution >= 4 is 17.7 Å². The summed E-state index contributed by atoms with van der Waals surface area (Å²) in [5.41, 5.74) is 0.863. The van der Waals surface area contributed by atoms with Gasteiger partial charge in [-0.3, -0.25) is 4.79 Å². The number of hydrogen-bond acceptors (Lipinski definition) is 3. The number of hydrogen-bond donors (Lipinski definition) is 1. The van der Waals surface area contributed by atoms with Gasteiger partial charge in [0.25, 0.3) is 5.91 Å². The van der Waals surface area contributed by atoms with Crippen LogP contribution in [0.1, 0.15) is 36.0 Å². The van der Waals surface area contributed by atoms with Crippen LogP contribution in [0, 0.1) is 5.92 Å². The van der Waals surface area contributed by atoms with Gasteiger partial charge in [0.05, 0.1) is 5.56 Å². The van der Waals surface area contributed by atoms with E-state index in [-0.39, 0.29) is 5.91 Å². The average Bonchev–Trinajstić information content (AvgIpc) is 3.09. The Morgan fingerprint density at radius 3 is 2.67 bits per heavy atom. The predicted octanol–water partition coefficient (Wildman–Crippen LogP) is 3.01. The number of nitrogens with one attached hydrogen (secondary N) is 1. The molecule has 1 N–H and O–H groups in total. The maximum Gasteiger partial charge on any atom is 0.254 e. The molecule has 0 spiro atoms. The van der Waals surface area contributed by atoms with Gasteiger partial charge in [0.2, 0.25) is 0 Å². The van der Waals surface area contributed by atoms with Gasteiger partial charge in [-0.05, 0) is 56.5 Å². The summed E-state index contributed by atoms with van der Waals surface area (Å²) in [5, 5.41) is 3.61. The second-order valence-electron chi connectivity index (χ2n) is 6.03.